The van der Waals surface area contributed by atoms with Gasteiger partial charge in [-0.1, -0.05) is 18.2 Å². The minimum Gasteiger partial charge on any atom is -0.467 e. The number of anilines is 1. The quantitative estimate of drug-likeness (QED) is 0.563. The van der Waals surface area contributed by atoms with Crippen LogP contribution in [0.5, 0.6) is 0 Å². The van der Waals surface area contributed by atoms with Crippen LogP contribution < -0.4 is 20.9 Å². The van der Waals surface area contributed by atoms with Crippen LogP contribution in [-0.4, -0.2) is 38.0 Å². The monoisotopic (exact) mass is 373 g/mol. The third-order valence-corrected chi connectivity index (χ3v) is 3.93. The molecule has 0 aliphatic heterocycles. The normalized spacial score (nSPS) is 11.5. The smallest absolute Gasteiger partial charge is 0.321 e. The third kappa shape index (κ3) is 6.59. The summed E-state index contributed by atoms with van der Waals surface area (Å²) in [5, 5.41) is 7.63. The number of aryl methyl sites for hydroxylation is 2. The average molecular weight is 373 g/mol. The lowest BCUT2D eigenvalue weighted by atomic mass is 10.1. The molecule has 0 aliphatic rings. The summed E-state index contributed by atoms with van der Waals surface area (Å²) in [4.78, 5) is 36.5. The SMILES string of the molecule is Cc1cccc(C)c1NC(=O)C[NH+](C)CC(=O)NC(=O)NCc1ccco1. The number of para-hydroxylation sites is 1. The van der Waals surface area contributed by atoms with Crippen molar-refractivity contribution in [2.24, 2.45) is 0 Å². The van der Waals surface area contributed by atoms with E-state index in [0.29, 0.717) is 10.7 Å². The van der Waals surface area contributed by atoms with Crippen LogP contribution >= 0.6 is 0 Å². The number of furan rings is 1. The van der Waals surface area contributed by atoms with E-state index in [9.17, 15) is 14.4 Å². The van der Waals surface area contributed by atoms with E-state index < -0.39 is 11.9 Å². The molecule has 1 heterocycles. The summed E-state index contributed by atoms with van der Waals surface area (Å²) >= 11 is 0. The Balaban J connectivity index is 1.73. The first-order valence-electron chi connectivity index (χ1n) is 8.62. The molecule has 0 saturated carbocycles. The molecule has 8 heteroatoms. The lowest BCUT2D eigenvalue weighted by Crippen LogP contribution is -3.11. The zero-order chi connectivity index (χ0) is 19.8. The molecule has 1 aromatic carbocycles. The van der Waals surface area contributed by atoms with Crippen LogP contribution in [-0.2, 0) is 16.1 Å². The van der Waals surface area contributed by atoms with Gasteiger partial charge in [0.1, 0.15) is 5.76 Å². The van der Waals surface area contributed by atoms with Gasteiger partial charge in [0.25, 0.3) is 11.8 Å². The highest BCUT2D eigenvalue weighted by Gasteiger charge is 2.17. The molecule has 0 spiro atoms. The second-order valence-corrected chi connectivity index (χ2v) is 6.44. The van der Waals surface area contributed by atoms with Gasteiger partial charge in [-0.15, -0.1) is 0 Å². The fourth-order valence-corrected chi connectivity index (χ4v) is 2.60. The molecule has 8 nitrogen and oxygen atoms in total. The molecule has 4 N–H and O–H groups in total. The first kappa shape index (κ1) is 20.2. The molecular formula is C19H25N4O4+. The van der Waals surface area contributed by atoms with Gasteiger partial charge in [0.05, 0.1) is 19.9 Å². The van der Waals surface area contributed by atoms with Crippen molar-refractivity contribution in [1.82, 2.24) is 10.6 Å². The molecule has 0 radical (unpaired) electrons. The van der Waals surface area contributed by atoms with E-state index >= 15 is 0 Å². The molecule has 1 unspecified atom stereocenters. The van der Waals surface area contributed by atoms with Crippen molar-refractivity contribution in [3.8, 4) is 0 Å². The topological polar surface area (TPSA) is 105 Å². The number of imide groups is 1. The van der Waals surface area contributed by atoms with Crippen molar-refractivity contribution in [2.75, 3.05) is 25.5 Å². The Kier molecular flexibility index (Phi) is 7.13. The molecule has 4 amide bonds. The van der Waals surface area contributed by atoms with Crippen LogP contribution in [0.2, 0.25) is 0 Å². The zero-order valence-electron chi connectivity index (χ0n) is 15.7. The highest BCUT2D eigenvalue weighted by atomic mass is 16.3. The van der Waals surface area contributed by atoms with Crippen LogP contribution in [0.1, 0.15) is 16.9 Å². The second-order valence-electron chi connectivity index (χ2n) is 6.44. The first-order chi connectivity index (χ1) is 12.8. The molecule has 0 saturated heterocycles. The van der Waals surface area contributed by atoms with Crippen molar-refractivity contribution < 1.29 is 23.7 Å². The number of carbonyl (C=O) groups is 3. The molecule has 0 bridgehead atoms. The maximum atomic E-state index is 12.2. The number of nitrogens with one attached hydrogen (secondary N) is 4. The van der Waals surface area contributed by atoms with Gasteiger partial charge < -0.3 is 20.0 Å². The van der Waals surface area contributed by atoms with Crippen LogP contribution in [0.25, 0.3) is 0 Å². The number of benzene rings is 1. The number of likely N-dealkylation sites (N-methyl/N-ethyl adjacent to an activating group) is 1. The molecule has 1 aromatic heterocycles. The van der Waals surface area contributed by atoms with Gasteiger partial charge in [0.2, 0.25) is 0 Å². The number of amides is 4. The molecule has 27 heavy (non-hydrogen) atoms. The third-order valence-electron chi connectivity index (χ3n) is 3.93. The predicted octanol–water partition coefficient (Wildman–Crippen LogP) is 0.376. The first-order valence-corrected chi connectivity index (χ1v) is 8.62. The summed E-state index contributed by atoms with van der Waals surface area (Å²) in [5.41, 5.74) is 2.75. The maximum absolute atomic E-state index is 12.2. The van der Waals surface area contributed by atoms with Gasteiger partial charge in [-0.05, 0) is 37.1 Å². The summed E-state index contributed by atoms with van der Waals surface area (Å²) in [6.07, 6.45) is 1.50. The zero-order valence-corrected chi connectivity index (χ0v) is 15.7. The molecule has 0 aliphatic carbocycles. The number of carbonyl (C=O) groups excluding carboxylic acids is 3. The van der Waals surface area contributed by atoms with Crippen molar-refractivity contribution >= 4 is 23.5 Å². The number of quaternary nitrogens is 1. The number of urea groups is 1. The highest BCUT2D eigenvalue weighted by molar-refractivity contribution is 5.95. The van der Waals surface area contributed by atoms with E-state index in [0.717, 1.165) is 16.8 Å². The second kappa shape index (κ2) is 9.54. The molecule has 1 atom stereocenters. The van der Waals surface area contributed by atoms with Crippen LogP contribution in [0.3, 0.4) is 0 Å². The minimum atomic E-state index is -0.607. The Morgan fingerprint density at radius 1 is 1.00 bits per heavy atom. The Hall–Kier alpha value is -3.13. The number of rotatable bonds is 7. The molecule has 144 valence electrons. The Morgan fingerprint density at radius 3 is 2.30 bits per heavy atom. The Morgan fingerprint density at radius 2 is 1.67 bits per heavy atom. The van der Waals surface area contributed by atoms with Gasteiger partial charge in [-0.2, -0.15) is 0 Å². The largest absolute Gasteiger partial charge is 0.467 e. The van der Waals surface area contributed by atoms with Gasteiger partial charge in [0, 0.05) is 5.69 Å². The fraction of sp³-hybridized carbons (Fsp3) is 0.316. The van der Waals surface area contributed by atoms with Gasteiger partial charge in [0.15, 0.2) is 13.1 Å². The summed E-state index contributed by atoms with van der Waals surface area (Å²) in [6.45, 7) is 4.14. The summed E-state index contributed by atoms with van der Waals surface area (Å²) in [7, 11) is 1.71. The molecule has 2 rings (SSSR count). The molecular weight excluding hydrogens is 348 g/mol. The Labute approximate surface area is 157 Å². The molecule has 2 aromatic rings. The summed E-state index contributed by atoms with van der Waals surface area (Å²) < 4.78 is 5.09. The summed E-state index contributed by atoms with van der Waals surface area (Å²) in [5.74, 6) is -0.0761. The van der Waals surface area contributed by atoms with Crippen molar-refractivity contribution in [1.29, 1.82) is 0 Å². The van der Waals surface area contributed by atoms with Crippen molar-refractivity contribution in [3.63, 3.8) is 0 Å². The lowest BCUT2D eigenvalue weighted by Gasteiger charge is -2.15. The van der Waals surface area contributed by atoms with Crippen LogP contribution in [0, 0.1) is 13.8 Å². The predicted molar refractivity (Wildman–Crippen MR) is 100 cm³/mol. The summed E-state index contributed by atoms with van der Waals surface area (Å²) in [6, 6.07) is 8.60. The number of hydrogen-bond donors (Lipinski definition) is 4. The lowest BCUT2D eigenvalue weighted by molar-refractivity contribution is -0.862. The Bertz CT molecular complexity index is 782. The highest BCUT2D eigenvalue weighted by Crippen LogP contribution is 2.18. The van der Waals surface area contributed by atoms with Gasteiger partial charge in [-0.3, -0.25) is 14.9 Å². The van der Waals surface area contributed by atoms with Crippen molar-refractivity contribution in [2.45, 2.75) is 20.4 Å². The van der Waals surface area contributed by atoms with E-state index in [4.69, 9.17) is 4.42 Å². The van der Waals surface area contributed by atoms with E-state index in [2.05, 4.69) is 16.0 Å². The van der Waals surface area contributed by atoms with E-state index in [1.165, 1.54) is 6.26 Å². The van der Waals surface area contributed by atoms with Crippen LogP contribution in [0.4, 0.5) is 10.5 Å². The van der Waals surface area contributed by atoms with Gasteiger partial charge >= 0.3 is 6.03 Å². The van der Waals surface area contributed by atoms with E-state index in [1.54, 1.807) is 19.2 Å². The van der Waals surface area contributed by atoms with E-state index in [1.807, 2.05) is 32.0 Å². The maximum Gasteiger partial charge on any atom is 0.321 e. The molecule has 0 fully saturated rings. The minimum absolute atomic E-state index is 0.00561. The van der Waals surface area contributed by atoms with Gasteiger partial charge in [-0.25, -0.2) is 4.79 Å². The van der Waals surface area contributed by atoms with Crippen LogP contribution in [0.15, 0.2) is 41.0 Å². The fourth-order valence-electron chi connectivity index (χ4n) is 2.60. The number of hydrogen-bond acceptors (Lipinski definition) is 4. The average Bonchev–Trinajstić information content (AvgIpc) is 3.09. The van der Waals surface area contributed by atoms with Crippen molar-refractivity contribution in [3.05, 3.63) is 53.5 Å². The standard InChI is InChI=1S/C19H24N4O4/c1-13-6-4-7-14(2)18(13)21-16(24)11-23(3)12-17(25)22-19(26)20-10-15-8-5-9-27-15/h4-9H,10-12H2,1-3H3,(H,21,24)(H2,20,22,25,26)/p+1. The van der Waals surface area contributed by atoms with E-state index in [-0.39, 0.29) is 25.5 Å².